The first-order chi connectivity index (χ1) is 20.4. The van der Waals surface area contributed by atoms with Gasteiger partial charge in [0.05, 0.1) is 23.3 Å². The van der Waals surface area contributed by atoms with Gasteiger partial charge in [-0.3, -0.25) is 9.36 Å². The number of carbonyl (C=O) groups excluding carboxylic acids is 1. The Labute approximate surface area is 249 Å². The molecule has 1 fully saturated rings. The first-order valence-electron chi connectivity index (χ1n) is 13.8. The van der Waals surface area contributed by atoms with E-state index in [0.29, 0.717) is 39.1 Å². The molecule has 1 aliphatic heterocycles. The number of hydrogen-bond donors (Lipinski definition) is 0. The van der Waals surface area contributed by atoms with Crippen molar-refractivity contribution in [3.63, 3.8) is 0 Å². The van der Waals surface area contributed by atoms with Gasteiger partial charge in [0.1, 0.15) is 5.75 Å². The molecule has 3 aromatic carbocycles. The highest BCUT2D eigenvalue weighted by molar-refractivity contribution is 7.99. The van der Waals surface area contributed by atoms with Gasteiger partial charge in [0.25, 0.3) is 10.0 Å². The predicted octanol–water partition coefficient (Wildman–Crippen LogP) is 5.49. The van der Waals surface area contributed by atoms with Gasteiger partial charge in [-0.25, -0.2) is 12.4 Å². The molecule has 6 rings (SSSR count). The van der Waals surface area contributed by atoms with E-state index in [-0.39, 0.29) is 16.6 Å². The van der Waals surface area contributed by atoms with Crippen LogP contribution in [-0.4, -0.2) is 63.9 Å². The quantitative estimate of drug-likeness (QED) is 0.217. The highest BCUT2D eigenvalue weighted by Gasteiger charge is 2.26. The standard InChI is InChI=1S/C31H31N5O4S2/c1-22-16-18-34(19-17-22)29(37)21-41-31-33-32-30(36(31)23-12-14-24(40-2)15-13-23)27-20-35(28-11-7-6-10-26(27)28)42(38,39)25-8-4-3-5-9-25/h3-15,20,22H,16-19,21H2,1-2H3. The zero-order chi connectivity index (χ0) is 29.3. The van der Waals surface area contributed by atoms with Gasteiger partial charge in [0.2, 0.25) is 5.91 Å². The van der Waals surface area contributed by atoms with Gasteiger partial charge >= 0.3 is 0 Å². The molecule has 0 unspecified atom stereocenters. The molecule has 11 heteroatoms. The lowest BCUT2D eigenvalue weighted by Gasteiger charge is -2.30. The Bertz CT molecular complexity index is 1820. The summed E-state index contributed by atoms with van der Waals surface area (Å²) in [6.45, 7) is 3.76. The molecule has 0 spiro atoms. The lowest BCUT2D eigenvalue weighted by molar-refractivity contribution is -0.129. The maximum atomic E-state index is 13.7. The van der Waals surface area contributed by atoms with E-state index in [4.69, 9.17) is 4.74 Å². The number of nitrogens with zero attached hydrogens (tertiary/aromatic N) is 5. The summed E-state index contributed by atoms with van der Waals surface area (Å²) in [5, 5.41) is 10.3. The monoisotopic (exact) mass is 601 g/mol. The second-order valence-corrected chi connectivity index (χ2v) is 13.1. The molecule has 0 saturated carbocycles. The molecule has 1 amide bonds. The fourth-order valence-electron chi connectivity index (χ4n) is 5.21. The molecule has 2 aromatic heterocycles. The highest BCUT2D eigenvalue weighted by atomic mass is 32.2. The zero-order valence-corrected chi connectivity index (χ0v) is 25.0. The summed E-state index contributed by atoms with van der Waals surface area (Å²) in [5.41, 5.74) is 1.90. The number of hydrogen-bond acceptors (Lipinski definition) is 7. The van der Waals surface area contributed by atoms with E-state index >= 15 is 0 Å². The number of amides is 1. The molecule has 3 heterocycles. The Kier molecular flexibility index (Phi) is 7.78. The van der Waals surface area contributed by atoms with Gasteiger partial charge in [-0.1, -0.05) is 55.1 Å². The lowest BCUT2D eigenvalue weighted by Crippen LogP contribution is -2.38. The predicted molar refractivity (Wildman–Crippen MR) is 164 cm³/mol. The summed E-state index contributed by atoms with van der Waals surface area (Å²) in [7, 11) is -2.28. The van der Waals surface area contributed by atoms with Crippen molar-refractivity contribution in [2.24, 2.45) is 5.92 Å². The van der Waals surface area contributed by atoms with E-state index in [0.717, 1.165) is 31.6 Å². The number of likely N-dealkylation sites (tertiary alicyclic amines) is 1. The van der Waals surface area contributed by atoms with Crippen molar-refractivity contribution >= 4 is 38.6 Å². The number of benzene rings is 3. The van der Waals surface area contributed by atoms with Gasteiger partial charge in [-0.15, -0.1) is 10.2 Å². The largest absolute Gasteiger partial charge is 0.497 e. The number of carbonyl (C=O) groups is 1. The molecule has 0 radical (unpaired) electrons. The average Bonchev–Trinajstić information content (AvgIpc) is 3.63. The second kappa shape index (κ2) is 11.7. The molecule has 1 aliphatic rings. The van der Waals surface area contributed by atoms with Gasteiger partial charge < -0.3 is 9.64 Å². The van der Waals surface area contributed by atoms with Crippen LogP contribution < -0.4 is 4.74 Å². The van der Waals surface area contributed by atoms with Gasteiger partial charge in [0.15, 0.2) is 11.0 Å². The van der Waals surface area contributed by atoms with Crippen LogP contribution in [0.5, 0.6) is 5.75 Å². The van der Waals surface area contributed by atoms with Crippen LogP contribution in [0.2, 0.25) is 0 Å². The minimum absolute atomic E-state index is 0.0725. The third-order valence-electron chi connectivity index (χ3n) is 7.64. The summed E-state index contributed by atoms with van der Waals surface area (Å²) >= 11 is 1.33. The number of fused-ring (bicyclic) bond motifs is 1. The van der Waals surface area contributed by atoms with Crippen molar-refractivity contribution in [3.8, 4) is 22.8 Å². The Morgan fingerprint density at radius 1 is 0.952 bits per heavy atom. The molecule has 216 valence electrons. The molecule has 9 nitrogen and oxygen atoms in total. The van der Waals surface area contributed by atoms with E-state index in [1.54, 1.807) is 49.7 Å². The van der Waals surface area contributed by atoms with Gasteiger partial charge in [-0.2, -0.15) is 0 Å². The second-order valence-electron chi connectivity index (χ2n) is 10.4. The van der Waals surface area contributed by atoms with Crippen LogP contribution in [0.1, 0.15) is 19.8 Å². The van der Waals surface area contributed by atoms with Crippen molar-refractivity contribution in [2.75, 3.05) is 26.0 Å². The normalized spacial score (nSPS) is 14.4. The third kappa shape index (κ3) is 5.30. The summed E-state index contributed by atoms with van der Waals surface area (Å²) in [4.78, 5) is 15.2. The molecular weight excluding hydrogens is 571 g/mol. The first-order valence-corrected chi connectivity index (χ1v) is 16.2. The van der Waals surface area contributed by atoms with E-state index in [1.807, 2.05) is 51.9 Å². The van der Waals surface area contributed by atoms with E-state index in [1.165, 1.54) is 15.7 Å². The molecule has 42 heavy (non-hydrogen) atoms. The number of ether oxygens (including phenoxy) is 1. The van der Waals surface area contributed by atoms with Crippen LogP contribution in [0.4, 0.5) is 0 Å². The summed E-state index contributed by atoms with van der Waals surface area (Å²) < 4.78 is 36.0. The molecule has 1 saturated heterocycles. The Morgan fingerprint density at radius 2 is 1.64 bits per heavy atom. The van der Waals surface area contributed by atoms with E-state index in [9.17, 15) is 13.2 Å². The molecular formula is C31H31N5O4S2. The number of aromatic nitrogens is 4. The molecule has 0 bridgehead atoms. The molecule has 0 atom stereocenters. The van der Waals surface area contributed by atoms with Crippen molar-refractivity contribution in [1.29, 1.82) is 0 Å². The third-order valence-corrected chi connectivity index (χ3v) is 10.2. The van der Waals surface area contributed by atoms with E-state index < -0.39 is 10.0 Å². The Morgan fingerprint density at radius 3 is 2.36 bits per heavy atom. The zero-order valence-electron chi connectivity index (χ0n) is 23.4. The average molecular weight is 602 g/mol. The van der Waals surface area contributed by atoms with Gasteiger partial charge in [0, 0.05) is 35.9 Å². The van der Waals surface area contributed by atoms with Crippen LogP contribution in [-0.2, 0) is 14.8 Å². The fraction of sp³-hybridized carbons (Fsp3) is 0.258. The topological polar surface area (TPSA) is 99.3 Å². The van der Waals surface area contributed by atoms with E-state index in [2.05, 4.69) is 17.1 Å². The van der Waals surface area contributed by atoms with Crippen LogP contribution in [0, 0.1) is 5.92 Å². The highest BCUT2D eigenvalue weighted by Crippen LogP contribution is 2.36. The Hall–Kier alpha value is -4.09. The van der Waals surface area contributed by atoms with Crippen molar-refractivity contribution < 1.29 is 17.9 Å². The number of rotatable bonds is 8. The lowest BCUT2D eigenvalue weighted by atomic mass is 9.99. The fourth-order valence-corrected chi connectivity index (χ4v) is 7.46. The maximum absolute atomic E-state index is 13.7. The molecule has 0 aliphatic carbocycles. The summed E-state index contributed by atoms with van der Waals surface area (Å²) in [5.74, 6) is 2.11. The van der Waals surface area contributed by atoms with Gasteiger partial charge in [-0.05, 0) is 61.2 Å². The van der Waals surface area contributed by atoms with Crippen molar-refractivity contribution in [3.05, 3.63) is 85.1 Å². The maximum Gasteiger partial charge on any atom is 0.268 e. The smallest absolute Gasteiger partial charge is 0.268 e. The summed E-state index contributed by atoms with van der Waals surface area (Å²) in [6, 6.07) is 23.2. The molecule has 0 N–H and O–H groups in total. The SMILES string of the molecule is COc1ccc(-n2c(SCC(=O)N3CCC(C)CC3)nnc2-c2cn(S(=O)(=O)c3ccccc3)c3ccccc23)cc1. The van der Waals surface area contributed by atoms with Crippen LogP contribution in [0.25, 0.3) is 28.0 Å². The number of piperidine rings is 1. The van der Waals surface area contributed by atoms with Crippen LogP contribution in [0.15, 0.2) is 95.1 Å². The number of thioether (sulfide) groups is 1. The van der Waals surface area contributed by atoms with Crippen molar-refractivity contribution in [1.82, 2.24) is 23.6 Å². The first kappa shape index (κ1) is 28.0. The van der Waals surface area contributed by atoms with Crippen LogP contribution >= 0.6 is 11.8 Å². The Balaban J connectivity index is 1.44. The van der Waals surface area contributed by atoms with Crippen LogP contribution in [0.3, 0.4) is 0 Å². The summed E-state index contributed by atoms with van der Waals surface area (Å²) in [6.07, 6.45) is 3.63. The minimum atomic E-state index is -3.88. The number of methoxy groups -OCH3 is 1. The minimum Gasteiger partial charge on any atom is -0.497 e. The molecule has 5 aromatic rings. The number of para-hydroxylation sites is 1. The van der Waals surface area contributed by atoms with Crippen molar-refractivity contribution in [2.45, 2.75) is 29.8 Å².